The van der Waals surface area contributed by atoms with Gasteiger partial charge in [0.25, 0.3) is 5.56 Å². The van der Waals surface area contributed by atoms with E-state index < -0.39 is 0 Å². The van der Waals surface area contributed by atoms with E-state index in [1.807, 2.05) is 18.4 Å². The molecule has 0 aromatic carbocycles. The fraction of sp³-hybridized carbons (Fsp3) is 0.455. The van der Waals surface area contributed by atoms with Gasteiger partial charge >= 0.3 is 0 Å². The van der Waals surface area contributed by atoms with Gasteiger partial charge in [0.2, 0.25) is 0 Å². The first-order valence-corrected chi connectivity index (χ1v) is 6.68. The van der Waals surface area contributed by atoms with Crippen molar-refractivity contribution in [3.8, 4) is 0 Å². The predicted molar refractivity (Wildman–Crippen MR) is 72.5 cm³/mol. The van der Waals surface area contributed by atoms with Crippen LogP contribution < -0.4 is 5.56 Å². The molecule has 1 N–H and O–H groups in total. The summed E-state index contributed by atoms with van der Waals surface area (Å²) in [5.74, 6) is 0. The van der Waals surface area contributed by atoms with E-state index in [-0.39, 0.29) is 11.6 Å². The van der Waals surface area contributed by atoms with Crippen molar-refractivity contribution in [1.29, 1.82) is 0 Å². The Morgan fingerprint density at radius 2 is 2.41 bits per heavy atom. The van der Waals surface area contributed by atoms with Crippen molar-refractivity contribution >= 4 is 33.8 Å². The highest BCUT2D eigenvalue weighted by molar-refractivity contribution is 7.71. The number of ether oxygens (including phenoxy) is 1. The number of nitrogens with one attached hydrogen (secondary N) is 1. The van der Waals surface area contributed by atoms with Crippen LogP contribution in [0.3, 0.4) is 0 Å². The number of methoxy groups -OCH3 is 1. The van der Waals surface area contributed by atoms with Crippen LogP contribution in [0.25, 0.3) is 10.2 Å². The number of H-pyrrole nitrogens is 1. The van der Waals surface area contributed by atoms with Crippen LogP contribution in [0.2, 0.25) is 0 Å². The van der Waals surface area contributed by atoms with Crippen LogP contribution in [-0.2, 0) is 4.74 Å². The number of rotatable bonds is 4. The van der Waals surface area contributed by atoms with Gasteiger partial charge in [-0.25, -0.2) is 0 Å². The molecule has 17 heavy (non-hydrogen) atoms. The van der Waals surface area contributed by atoms with Gasteiger partial charge in [-0.05, 0) is 30.1 Å². The molecule has 0 spiro atoms. The molecule has 2 rings (SSSR count). The minimum atomic E-state index is -0.0253. The summed E-state index contributed by atoms with van der Waals surface area (Å²) in [5.41, 5.74) is 0.788. The van der Waals surface area contributed by atoms with E-state index in [0.29, 0.717) is 16.1 Å². The molecule has 0 aliphatic carbocycles. The Morgan fingerprint density at radius 1 is 1.65 bits per heavy atom. The van der Waals surface area contributed by atoms with E-state index in [2.05, 4.69) is 4.98 Å². The minimum absolute atomic E-state index is 0.0113. The molecule has 1 unspecified atom stereocenters. The second-order valence-corrected chi connectivity index (χ2v) is 5.09. The summed E-state index contributed by atoms with van der Waals surface area (Å²) < 4.78 is 7.94. The quantitative estimate of drug-likeness (QED) is 0.869. The molecule has 4 nitrogen and oxygen atoms in total. The SMILES string of the molecule is CCC(COC)n1c(=S)[nH]c2ccsc2c1=O. The lowest BCUT2D eigenvalue weighted by molar-refractivity contribution is 0.150. The molecule has 92 valence electrons. The Balaban J connectivity index is 2.67. The summed E-state index contributed by atoms with van der Waals surface area (Å²) in [7, 11) is 1.63. The normalized spacial score (nSPS) is 13.1. The molecule has 2 aromatic heterocycles. The van der Waals surface area contributed by atoms with E-state index in [0.717, 1.165) is 11.9 Å². The summed E-state index contributed by atoms with van der Waals surface area (Å²) in [6.07, 6.45) is 0.808. The summed E-state index contributed by atoms with van der Waals surface area (Å²) in [6.45, 7) is 2.51. The van der Waals surface area contributed by atoms with E-state index in [9.17, 15) is 4.79 Å². The van der Waals surface area contributed by atoms with Gasteiger partial charge in [-0.15, -0.1) is 11.3 Å². The van der Waals surface area contributed by atoms with Crippen molar-refractivity contribution in [3.05, 3.63) is 26.6 Å². The highest BCUT2D eigenvalue weighted by Gasteiger charge is 2.14. The lowest BCUT2D eigenvalue weighted by Gasteiger charge is -2.17. The maximum atomic E-state index is 12.3. The van der Waals surface area contributed by atoms with Crippen LogP contribution in [0, 0.1) is 4.77 Å². The Hall–Kier alpha value is -0.980. The van der Waals surface area contributed by atoms with Crippen LogP contribution in [-0.4, -0.2) is 23.3 Å². The Bertz CT molecular complexity index is 626. The number of hydrogen-bond acceptors (Lipinski definition) is 4. The van der Waals surface area contributed by atoms with E-state index in [4.69, 9.17) is 17.0 Å². The van der Waals surface area contributed by atoms with Crippen molar-refractivity contribution in [2.75, 3.05) is 13.7 Å². The molecule has 0 amide bonds. The van der Waals surface area contributed by atoms with Gasteiger partial charge in [0, 0.05) is 7.11 Å². The van der Waals surface area contributed by atoms with Crippen molar-refractivity contribution < 1.29 is 4.74 Å². The van der Waals surface area contributed by atoms with Gasteiger partial charge in [-0.1, -0.05) is 6.92 Å². The van der Waals surface area contributed by atoms with E-state index in [1.54, 1.807) is 11.7 Å². The van der Waals surface area contributed by atoms with Crippen molar-refractivity contribution in [2.45, 2.75) is 19.4 Å². The zero-order chi connectivity index (χ0) is 12.4. The fourth-order valence-corrected chi connectivity index (χ4v) is 2.98. The monoisotopic (exact) mass is 270 g/mol. The largest absolute Gasteiger partial charge is 0.383 e. The van der Waals surface area contributed by atoms with Crippen LogP contribution >= 0.6 is 23.6 Å². The molecule has 2 heterocycles. The number of aromatic amines is 1. The standard InChI is InChI=1S/C11H14N2O2S2/c1-3-7(6-15-2)13-10(14)9-8(4-5-17-9)12-11(13)16/h4-5,7H,3,6H2,1-2H3,(H,12,16). The lowest BCUT2D eigenvalue weighted by atomic mass is 10.2. The fourth-order valence-electron chi connectivity index (χ4n) is 1.85. The van der Waals surface area contributed by atoms with Gasteiger partial charge in [0.1, 0.15) is 4.70 Å². The Labute approximate surface area is 108 Å². The van der Waals surface area contributed by atoms with Gasteiger partial charge in [0.15, 0.2) is 4.77 Å². The summed E-state index contributed by atoms with van der Waals surface area (Å²) in [5, 5.41) is 1.89. The third kappa shape index (κ3) is 2.20. The average Bonchev–Trinajstić information content (AvgIpc) is 2.76. The molecule has 0 bridgehead atoms. The first kappa shape index (κ1) is 12.5. The molecule has 0 saturated carbocycles. The zero-order valence-corrected chi connectivity index (χ0v) is 11.4. The lowest BCUT2D eigenvalue weighted by Crippen LogP contribution is -2.28. The topological polar surface area (TPSA) is 47.0 Å². The molecule has 0 fully saturated rings. The molecule has 0 radical (unpaired) electrons. The van der Waals surface area contributed by atoms with Crippen LogP contribution in [0.4, 0.5) is 0 Å². The van der Waals surface area contributed by atoms with Crippen molar-refractivity contribution in [2.24, 2.45) is 0 Å². The number of fused-ring (bicyclic) bond motifs is 1. The highest BCUT2D eigenvalue weighted by atomic mass is 32.1. The Kier molecular flexibility index (Phi) is 3.76. The number of thiophene rings is 1. The maximum Gasteiger partial charge on any atom is 0.272 e. The third-order valence-corrected chi connectivity index (χ3v) is 3.94. The summed E-state index contributed by atoms with van der Waals surface area (Å²) in [4.78, 5) is 15.4. The van der Waals surface area contributed by atoms with Crippen molar-refractivity contribution in [3.63, 3.8) is 0 Å². The molecule has 2 aromatic rings. The summed E-state index contributed by atoms with van der Waals surface area (Å²) >= 11 is 6.68. The number of aromatic nitrogens is 2. The second-order valence-electron chi connectivity index (χ2n) is 3.79. The molecule has 0 saturated heterocycles. The molecule has 0 aliphatic heterocycles. The second kappa shape index (κ2) is 5.12. The maximum absolute atomic E-state index is 12.3. The smallest absolute Gasteiger partial charge is 0.272 e. The average molecular weight is 270 g/mol. The molecular formula is C11H14N2O2S2. The zero-order valence-electron chi connectivity index (χ0n) is 9.73. The first-order chi connectivity index (χ1) is 8.19. The van der Waals surface area contributed by atoms with Gasteiger partial charge < -0.3 is 9.72 Å². The highest BCUT2D eigenvalue weighted by Crippen LogP contribution is 2.17. The van der Waals surface area contributed by atoms with Crippen LogP contribution in [0.15, 0.2) is 16.2 Å². The van der Waals surface area contributed by atoms with Crippen LogP contribution in [0.1, 0.15) is 19.4 Å². The minimum Gasteiger partial charge on any atom is -0.383 e. The summed E-state index contributed by atoms with van der Waals surface area (Å²) in [6, 6.07) is 1.86. The van der Waals surface area contributed by atoms with Crippen molar-refractivity contribution in [1.82, 2.24) is 9.55 Å². The molecule has 6 heteroatoms. The number of nitrogens with zero attached hydrogens (tertiary/aromatic N) is 1. The van der Waals surface area contributed by atoms with E-state index in [1.165, 1.54) is 11.3 Å². The predicted octanol–water partition coefficient (Wildman–Crippen LogP) is 2.72. The number of hydrogen-bond donors (Lipinski definition) is 1. The van der Waals surface area contributed by atoms with Gasteiger partial charge in [0.05, 0.1) is 18.2 Å². The molecular weight excluding hydrogens is 256 g/mol. The van der Waals surface area contributed by atoms with Gasteiger partial charge in [-0.3, -0.25) is 9.36 Å². The van der Waals surface area contributed by atoms with Crippen LogP contribution in [0.5, 0.6) is 0 Å². The van der Waals surface area contributed by atoms with Gasteiger partial charge in [-0.2, -0.15) is 0 Å². The molecule has 0 aliphatic rings. The van der Waals surface area contributed by atoms with E-state index >= 15 is 0 Å². The molecule has 1 atom stereocenters. The third-order valence-electron chi connectivity index (χ3n) is 2.73. The Morgan fingerprint density at radius 3 is 3.06 bits per heavy atom. The first-order valence-electron chi connectivity index (χ1n) is 5.40.